The van der Waals surface area contributed by atoms with Gasteiger partial charge in [0.2, 0.25) is 11.8 Å². The highest BCUT2D eigenvalue weighted by Crippen LogP contribution is 2.20. The Bertz CT molecular complexity index is 1100. The Balaban J connectivity index is 1.81. The molecule has 0 aromatic heterocycles. The second-order valence-electron chi connectivity index (χ2n) is 6.86. The van der Waals surface area contributed by atoms with E-state index in [9.17, 15) is 14.4 Å². The van der Waals surface area contributed by atoms with Gasteiger partial charge in [0, 0.05) is 12.6 Å². The highest BCUT2D eigenvalue weighted by molar-refractivity contribution is 6.05. The standard InChI is InChI=1S/C24H23N3O3/c1-16(23(29)27-20-12-4-3-5-13-20)25-24(30)22(26-17(2)28)15-19-11-8-10-18-9-6-7-14-21(18)19/h3-16H,1-2H3,(H,25,30)(H,26,28)(H,27,29)/b22-15-/t16-/m0/s1. The van der Waals surface area contributed by atoms with Crippen molar-refractivity contribution in [3.05, 3.63) is 84.1 Å². The molecule has 152 valence electrons. The maximum absolute atomic E-state index is 12.8. The third-order valence-corrected chi connectivity index (χ3v) is 4.46. The highest BCUT2D eigenvalue weighted by Gasteiger charge is 2.19. The molecule has 0 unspecified atom stereocenters. The molecule has 0 spiro atoms. The van der Waals surface area contributed by atoms with Gasteiger partial charge in [-0.1, -0.05) is 60.7 Å². The summed E-state index contributed by atoms with van der Waals surface area (Å²) in [5.41, 5.74) is 1.49. The minimum Gasteiger partial charge on any atom is -0.339 e. The maximum Gasteiger partial charge on any atom is 0.268 e. The van der Waals surface area contributed by atoms with E-state index in [2.05, 4.69) is 16.0 Å². The van der Waals surface area contributed by atoms with Crippen molar-refractivity contribution in [2.24, 2.45) is 0 Å². The molecule has 6 heteroatoms. The van der Waals surface area contributed by atoms with Crippen molar-refractivity contribution in [2.45, 2.75) is 19.9 Å². The van der Waals surface area contributed by atoms with Crippen molar-refractivity contribution >= 4 is 40.3 Å². The van der Waals surface area contributed by atoms with Gasteiger partial charge in [0.25, 0.3) is 5.91 Å². The fourth-order valence-electron chi connectivity index (χ4n) is 2.99. The van der Waals surface area contributed by atoms with Gasteiger partial charge in [0.15, 0.2) is 0 Å². The molecule has 3 N–H and O–H groups in total. The number of hydrogen-bond donors (Lipinski definition) is 3. The summed E-state index contributed by atoms with van der Waals surface area (Å²) in [5, 5.41) is 9.91. The van der Waals surface area contributed by atoms with Crippen LogP contribution in [0.15, 0.2) is 78.5 Å². The van der Waals surface area contributed by atoms with Gasteiger partial charge in [-0.05, 0) is 41.5 Å². The van der Waals surface area contributed by atoms with Gasteiger partial charge in [-0.3, -0.25) is 14.4 Å². The van der Waals surface area contributed by atoms with Crippen LogP contribution in [0.4, 0.5) is 5.69 Å². The van der Waals surface area contributed by atoms with Gasteiger partial charge in [0.05, 0.1) is 0 Å². The Morgan fingerprint density at radius 1 is 0.867 bits per heavy atom. The van der Waals surface area contributed by atoms with Gasteiger partial charge >= 0.3 is 0 Å². The molecule has 0 bridgehead atoms. The molecule has 3 aromatic rings. The number of nitrogens with one attached hydrogen (secondary N) is 3. The van der Waals surface area contributed by atoms with Crippen molar-refractivity contribution < 1.29 is 14.4 Å². The number of fused-ring (bicyclic) bond motifs is 1. The van der Waals surface area contributed by atoms with Gasteiger partial charge in [0.1, 0.15) is 11.7 Å². The molecular weight excluding hydrogens is 378 g/mol. The van der Waals surface area contributed by atoms with E-state index in [1.54, 1.807) is 37.3 Å². The fourth-order valence-corrected chi connectivity index (χ4v) is 2.99. The second-order valence-corrected chi connectivity index (χ2v) is 6.86. The molecule has 3 amide bonds. The molecule has 6 nitrogen and oxygen atoms in total. The average Bonchev–Trinajstić information content (AvgIpc) is 2.73. The van der Waals surface area contributed by atoms with Crippen molar-refractivity contribution in [3.63, 3.8) is 0 Å². The lowest BCUT2D eigenvalue weighted by molar-refractivity contribution is -0.125. The third kappa shape index (κ3) is 5.32. The van der Waals surface area contributed by atoms with E-state index >= 15 is 0 Å². The molecule has 3 aromatic carbocycles. The summed E-state index contributed by atoms with van der Waals surface area (Å²) < 4.78 is 0. The van der Waals surface area contributed by atoms with Crippen molar-refractivity contribution in [3.8, 4) is 0 Å². The Morgan fingerprint density at radius 2 is 1.53 bits per heavy atom. The topological polar surface area (TPSA) is 87.3 Å². The first-order valence-corrected chi connectivity index (χ1v) is 9.58. The molecule has 0 saturated heterocycles. The van der Waals surface area contributed by atoms with Crippen LogP contribution >= 0.6 is 0 Å². The summed E-state index contributed by atoms with van der Waals surface area (Å²) in [6.45, 7) is 2.91. The molecule has 0 aliphatic rings. The summed E-state index contributed by atoms with van der Waals surface area (Å²) in [5.74, 6) is -1.28. The smallest absolute Gasteiger partial charge is 0.268 e. The van der Waals surface area contributed by atoms with Crippen LogP contribution in [0.25, 0.3) is 16.8 Å². The molecule has 0 aliphatic heterocycles. The number of carbonyl (C=O) groups excluding carboxylic acids is 3. The van der Waals surface area contributed by atoms with E-state index in [1.165, 1.54) is 6.92 Å². The summed E-state index contributed by atoms with van der Waals surface area (Å²) in [7, 11) is 0. The lowest BCUT2D eigenvalue weighted by atomic mass is 10.0. The number of rotatable bonds is 6. The lowest BCUT2D eigenvalue weighted by Crippen LogP contribution is -2.44. The molecule has 0 heterocycles. The number of amides is 3. The lowest BCUT2D eigenvalue weighted by Gasteiger charge is -2.16. The van der Waals surface area contributed by atoms with Gasteiger partial charge in [-0.25, -0.2) is 0 Å². The predicted octanol–water partition coefficient (Wildman–Crippen LogP) is 3.46. The average molecular weight is 401 g/mol. The Hall–Kier alpha value is -3.93. The Labute approximate surface area is 175 Å². The SMILES string of the molecule is CC(=O)N/C(=C\c1cccc2ccccc12)C(=O)N[C@@H](C)C(=O)Nc1ccccc1. The summed E-state index contributed by atoms with van der Waals surface area (Å²) in [6, 6.07) is 21.7. The summed E-state index contributed by atoms with van der Waals surface area (Å²) >= 11 is 0. The van der Waals surface area contributed by atoms with Gasteiger partial charge < -0.3 is 16.0 Å². The quantitative estimate of drug-likeness (QED) is 0.553. The second kappa shape index (κ2) is 9.52. The minimum atomic E-state index is -0.803. The Kier molecular flexibility index (Phi) is 6.60. The molecule has 0 aliphatic carbocycles. The van der Waals surface area contributed by atoms with E-state index in [1.807, 2.05) is 48.5 Å². The summed E-state index contributed by atoms with van der Waals surface area (Å²) in [6.07, 6.45) is 1.61. The van der Waals surface area contributed by atoms with Crippen LogP contribution in [0.1, 0.15) is 19.4 Å². The van der Waals surface area contributed by atoms with Crippen molar-refractivity contribution in [2.75, 3.05) is 5.32 Å². The number of benzene rings is 3. The number of anilines is 1. The van der Waals surface area contributed by atoms with Gasteiger partial charge in [-0.2, -0.15) is 0 Å². The minimum absolute atomic E-state index is 0.0678. The fraction of sp³-hybridized carbons (Fsp3) is 0.125. The maximum atomic E-state index is 12.8. The first-order valence-electron chi connectivity index (χ1n) is 9.58. The van der Waals surface area contributed by atoms with Crippen LogP contribution in [-0.4, -0.2) is 23.8 Å². The summed E-state index contributed by atoms with van der Waals surface area (Å²) in [4.78, 5) is 36.9. The number of hydrogen-bond acceptors (Lipinski definition) is 3. The van der Waals surface area contributed by atoms with E-state index < -0.39 is 11.9 Å². The monoisotopic (exact) mass is 401 g/mol. The van der Waals surface area contributed by atoms with E-state index in [0.29, 0.717) is 5.69 Å². The van der Waals surface area contributed by atoms with Crippen LogP contribution < -0.4 is 16.0 Å². The van der Waals surface area contributed by atoms with Crippen LogP contribution in [0.3, 0.4) is 0 Å². The van der Waals surface area contributed by atoms with Crippen LogP contribution in [0.2, 0.25) is 0 Å². The van der Waals surface area contributed by atoms with Gasteiger partial charge in [-0.15, -0.1) is 0 Å². The first kappa shape index (κ1) is 20.8. The normalized spacial score (nSPS) is 12.1. The van der Waals surface area contributed by atoms with E-state index in [-0.39, 0.29) is 17.5 Å². The molecular formula is C24H23N3O3. The van der Waals surface area contributed by atoms with E-state index in [0.717, 1.165) is 16.3 Å². The van der Waals surface area contributed by atoms with Crippen LogP contribution in [0.5, 0.6) is 0 Å². The zero-order chi connectivity index (χ0) is 21.5. The van der Waals surface area contributed by atoms with Crippen LogP contribution in [-0.2, 0) is 14.4 Å². The molecule has 0 saturated carbocycles. The highest BCUT2D eigenvalue weighted by atomic mass is 16.2. The van der Waals surface area contributed by atoms with Crippen molar-refractivity contribution in [1.29, 1.82) is 0 Å². The Morgan fingerprint density at radius 3 is 2.27 bits per heavy atom. The molecule has 3 rings (SSSR count). The molecule has 30 heavy (non-hydrogen) atoms. The van der Waals surface area contributed by atoms with Crippen LogP contribution in [0, 0.1) is 0 Å². The zero-order valence-corrected chi connectivity index (χ0v) is 16.8. The molecule has 0 radical (unpaired) electrons. The molecule has 1 atom stereocenters. The largest absolute Gasteiger partial charge is 0.339 e. The first-order chi connectivity index (χ1) is 14.4. The predicted molar refractivity (Wildman–Crippen MR) is 118 cm³/mol. The van der Waals surface area contributed by atoms with E-state index in [4.69, 9.17) is 0 Å². The zero-order valence-electron chi connectivity index (χ0n) is 16.8. The van der Waals surface area contributed by atoms with Crippen molar-refractivity contribution in [1.82, 2.24) is 10.6 Å². The number of para-hydroxylation sites is 1. The molecule has 0 fully saturated rings. The third-order valence-electron chi connectivity index (χ3n) is 4.46. The number of carbonyl (C=O) groups is 3.